The maximum Gasteiger partial charge on any atom is 0.128 e. The zero-order valence-electron chi connectivity index (χ0n) is 12.5. The van der Waals surface area contributed by atoms with Crippen LogP contribution in [0.1, 0.15) is 45.4 Å². The zero-order valence-corrected chi connectivity index (χ0v) is 12.5. The molecule has 3 nitrogen and oxygen atoms in total. The van der Waals surface area contributed by atoms with Gasteiger partial charge in [-0.15, -0.1) is 0 Å². The Morgan fingerprint density at radius 2 is 1.95 bits per heavy atom. The van der Waals surface area contributed by atoms with Gasteiger partial charge in [0.25, 0.3) is 0 Å². The third-order valence-electron chi connectivity index (χ3n) is 4.12. The van der Waals surface area contributed by atoms with Gasteiger partial charge in [0.05, 0.1) is 11.9 Å². The van der Waals surface area contributed by atoms with Gasteiger partial charge in [-0.25, -0.2) is 4.98 Å². The van der Waals surface area contributed by atoms with E-state index < -0.39 is 0 Å². The Hall–Kier alpha value is -1.25. The summed E-state index contributed by atoms with van der Waals surface area (Å²) in [6.45, 7) is 2.29. The predicted molar refractivity (Wildman–Crippen MR) is 82.8 cm³/mol. The van der Waals surface area contributed by atoms with Crippen LogP contribution in [-0.2, 0) is 0 Å². The molecule has 0 bridgehead atoms. The van der Waals surface area contributed by atoms with Crippen molar-refractivity contribution < 1.29 is 0 Å². The van der Waals surface area contributed by atoms with Crippen LogP contribution in [0.25, 0.3) is 0 Å². The van der Waals surface area contributed by atoms with Crippen molar-refractivity contribution in [1.29, 1.82) is 0 Å². The Bertz CT molecular complexity index is 364. The van der Waals surface area contributed by atoms with E-state index in [9.17, 15) is 0 Å². The maximum atomic E-state index is 4.45. The number of nitrogens with zero attached hydrogens (tertiary/aromatic N) is 2. The summed E-state index contributed by atoms with van der Waals surface area (Å²) in [5, 5.41) is 3.63. The predicted octanol–water partition coefficient (Wildman–Crippen LogP) is 3.92. The first-order valence-corrected chi connectivity index (χ1v) is 7.59. The molecule has 1 aliphatic rings. The van der Waals surface area contributed by atoms with Gasteiger partial charge < -0.3 is 10.2 Å². The molecular formula is C16H27N3. The minimum Gasteiger partial charge on any atom is -0.381 e. The third-order valence-corrected chi connectivity index (χ3v) is 4.12. The highest BCUT2D eigenvalue weighted by molar-refractivity contribution is 5.48. The third kappa shape index (κ3) is 4.12. The van der Waals surface area contributed by atoms with Gasteiger partial charge in [-0.2, -0.15) is 0 Å². The molecule has 19 heavy (non-hydrogen) atoms. The minimum atomic E-state index is 0.639. The van der Waals surface area contributed by atoms with Crippen molar-refractivity contribution in [2.24, 2.45) is 5.92 Å². The number of anilines is 2. The summed E-state index contributed by atoms with van der Waals surface area (Å²) < 4.78 is 0. The number of hydrogen-bond donors (Lipinski definition) is 1. The second-order valence-corrected chi connectivity index (χ2v) is 5.95. The lowest BCUT2D eigenvalue weighted by atomic mass is 9.83. The van der Waals surface area contributed by atoms with Crippen LogP contribution in [0.4, 0.5) is 11.5 Å². The van der Waals surface area contributed by atoms with Crippen LogP contribution in [0.3, 0.4) is 0 Å². The second-order valence-electron chi connectivity index (χ2n) is 5.95. The SMILES string of the molecule is CCCC1CCC(Nc2ccc(N(C)C)nc2)CC1. The molecule has 3 heteroatoms. The highest BCUT2D eigenvalue weighted by atomic mass is 15.1. The molecule has 1 fully saturated rings. The van der Waals surface area contributed by atoms with Gasteiger partial charge >= 0.3 is 0 Å². The lowest BCUT2D eigenvalue weighted by Gasteiger charge is -2.29. The molecular weight excluding hydrogens is 234 g/mol. The first kappa shape index (κ1) is 14.2. The number of rotatable bonds is 5. The molecule has 2 rings (SSSR count). The summed E-state index contributed by atoms with van der Waals surface area (Å²) in [5.74, 6) is 1.98. The zero-order chi connectivity index (χ0) is 13.7. The van der Waals surface area contributed by atoms with Crippen LogP contribution >= 0.6 is 0 Å². The second kappa shape index (κ2) is 6.78. The van der Waals surface area contributed by atoms with Crippen molar-refractivity contribution in [3.63, 3.8) is 0 Å². The number of pyridine rings is 1. The highest BCUT2D eigenvalue weighted by Crippen LogP contribution is 2.29. The molecule has 0 aliphatic heterocycles. The Morgan fingerprint density at radius 1 is 1.21 bits per heavy atom. The Kier molecular flexibility index (Phi) is 5.06. The first-order valence-electron chi connectivity index (χ1n) is 7.59. The Balaban J connectivity index is 1.82. The number of hydrogen-bond acceptors (Lipinski definition) is 3. The molecule has 0 saturated heterocycles. The Morgan fingerprint density at radius 3 is 2.47 bits per heavy atom. The van der Waals surface area contributed by atoms with Crippen molar-refractivity contribution in [2.45, 2.75) is 51.5 Å². The molecule has 1 N–H and O–H groups in total. The van der Waals surface area contributed by atoms with Gasteiger partial charge in [-0.1, -0.05) is 19.8 Å². The molecule has 1 heterocycles. The van der Waals surface area contributed by atoms with Gasteiger partial charge in [0.1, 0.15) is 5.82 Å². The molecule has 1 aromatic heterocycles. The summed E-state index contributed by atoms with van der Waals surface area (Å²) in [5.41, 5.74) is 1.16. The van der Waals surface area contributed by atoms with Crippen LogP contribution in [0, 0.1) is 5.92 Å². The summed E-state index contributed by atoms with van der Waals surface area (Å²) in [6, 6.07) is 4.85. The van der Waals surface area contributed by atoms with Gasteiger partial charge in [0.15, 0.2) is 0 Å². The van der Waals surface area contributed by atoms with E-state index in [0.717, 1.165) is 17.4 Å². The van der Waals surface area contributed by atoms with Crippen LogP contribution in [0.5, 0.6) is 0 Å². The van der Waals surface area contributed by atoms with E-state index >= 15 is 0 Å². The number of nitrogens with one attached hydrogen (secondary N) is 1. The van der Waals surface area contributed by atoms with Crippen molar-refractivity contribution >= 4 is 11.5 Å². The quantitative estimate of drug-likeness (QED) is 0.870. The summed E-state index contributed by atoms with van der Waals surface area (Å²) >= 11 is 0. The average molecular weight is 261 g/mol. The Labute approximate surface area is 117 Å². The molecule has 106 valence electrons. The van der Waals surface area contributed by atoms with Gasteiger partial charge in [0.2, 0.25) is 0 Å². The molecule has 1 saturated carbocycles. The monoisotopic (exact) mass is 261 g/mol. The van der Waals surface area contributed by atoms with E-state index in [1.54, 1.807) is 0 Å². The molecule has 0 amide bonds. The first-order chi connectivity index (χ1) is 9.19. The van der Waals surface area contributed by atoms with E-state index in [-0.39, 0.29) is 0 Å². The van der Waals surface area contributed by atoms with Gasteiger partial charge in [0, 0.05) is 20.1 Å². The topological polar surface area (TPSA) is 28.2 Å². The van der Waals surface area contributed by atoms with Crippen LogP contribution in [-0.4, -0.2) is 25.1 Å². The van der Waals surface area contributed by atoms with Crippen molar-refractivity contribution in [3.05, 3.63) is 18.3 Å². The minimum absolute atomic E-state index is 0.639. The van der Waals surface area contributed by atoms with E-state index in [1.807, 2.05) is 25.2 Å². The van der Waals surface area contributed by atoms with Crippen molar-refractivity contribution in [1.82, 2.24) is 4.98 Å². The summed E-state index contributed by atoms with van der Waals surface area (Å²) in [6.07, 6.45) is 10.1. The lowest BCUT2D eigenvalue weighted by Crippen LogP contribution is -2.26. The van der Waals surface area contributed by atoms with Crippen molar-refractivity contribution in [2.75, 3.05) is 24.3 Å². The molecule has 0 aromatic carbocycles. The summed E-state index contributed by atoms with van der Waals surface area (Å²) in [4.78, 5) is 6.48. The van der Waals surface area contributed by atoms with Crippen LogP contribution < -0.4 is 10.2 Å². The molecule has 0 atom stereocenters. The highest BCUT2D eigenvalue weighted by Gasteiger charge is 2.20. The van der Waals surface area contributed by atoms with E-state index in [0.29, 0.717) is 6.04 Å². The standard InChI is InChI=1S/C16H27N3/c1-4-5-13-6-8-14(9-7-13)18-15-10-11-16(17-12-15)19(2)3/h10-14,18H,4-9H2,1-3H3. The molecule has 0 spiro atoms. The maximum absolute atomic E-state index is 4.45. The number of aromatic nitrogens is 1. The smallest absolute Gasteiger partial charge is 0.128 e. The van der Waals surface area contributed by atoms with E-state index in [2.05, 4.69) is 29.4 Å². The van der Waals surface area contributed by atoms with E-state index in [4.69, 9.17) is 0 Å². The molecule has 1 aromatic rings. The molecule has 1 aliphatic carbocycles. The van der Waals surface area contributed by atoms with Gasteiger partial charge in [-0.3, -0.25) is 0 Å². The van der Waals surface area contributed by atoms with E-state index in [1.165, 1.54) is 38.5 Å². The van der Waals surface area contributed by atoms with Crippen LogP contribution in [0.15, 0.2) is 18.3 Å². The van der Waals surface area contributed by atoms with Gasteiger partial charge in [-0.05, 0) is 43.7 Å². The average Bonchev–Trinajstić information content (AvgIpc) is 2.42. The van der Waals surface area contributed by atoms with Crippen molar-refractivity contribution in [3.8, 4) is 0 Å². The molecule has 0 unspecified atom stereocenters. The summed E-state index contributed by atoms with van der Waals surface area (Å²) in [7, 11) is 4.04. The molecule has 0 radical (unpaired) electrons. The fourth-order valence-electron chi connectivity index (χ4n) is 2.98. The fourth-order valence-corrected chi connectivity index (χ4v) is 2.98. The fraction of sp³-hybridized carbons (Fsp3) is 0.688. The normalized spacial score (nSPS) is 23.1. The van der Waals surface area contributed by atoms with Crippen LogP contribution in [0.2, 0.25) is 0 Å². The lowest BCUT2D eigenvalue weighted by molar-refractivity contribution is 0.319. The largest absolute Gasteiger partial charge is 0.381 e.